The summed E-state index contributed by atoms with van der Waals surface area (Å²) in [4.78, 5) is 61.7. The molecule has 11 aliphatic rings. The third kappa shape index (κ3) is 9.59. The predicted molar refractivity (Wildman–Crippen MR) is 275 cm³/mol. The van der Waals surface area contributed by atoms with Crippen LogP contribution in [0, 0.1) is 59.7 Å². The molecule has 1 radical (unpaired) electrons. The molecule has 19 atom stereocenters. The Bertz CT molecular complexity index is 2430. The monoisotopic (exact) mass is 1040 g/mol. The van der Waals surface area contributed by atoms with E-state index in [1.165, 1.54) is 17.8 Å². The number of carbonyl (C=O) groups excluding carboxylic acids is 4. The Labute approximate surface area is 441 Å². The molecule has 1 aromatic carbocycles. The van der Waals surface area contributed by atoms with E-state index in [1.807, 2.05) is 34.5 Å². The first-order valence-electron chi connectivity index (χ1n) is 29.1. The quantitative estimate of drug-likeness (QED) is 0.183. The van der Waals surface area contributed by atoms with Gasteiger partial charge < -0.3 is 44.0 Å². The fourth-order valence-corrected chi connectivity index (χ4v) is 18.1. The SMILES string of the molecule is C[CH]C(=O)N[C@H](C(=O)N1CCC[C@H]1c1nc(C(=O)c2cccc(OC3C4CC5CC6CC7CC(C)(C)OC(=O)C7NC6CC5CC4OC4CC5CC6OC7CCOCC7CC6OC5CC43)c2)cs1)C1CCCCC1. The summed E-state index contributed by atoms with van der Waals surface area (Å²) in [6.45, 7) is 7.94. The number of piperidine rings is 1. The predicted octanol–water partition coefficient (Wildman–Crippen LogP) is 8.34. The third-order valence-corrected chi connectivity index (χ3v) is 21.5. The zero-order chi connectivity index (χ0) is 50.4. The number of nitrogens with one attached hydrogen (secondary N) is 2. The Kier molecular flexibility index (Phi) is 13.8. The van der Waals surface area contributed by atoms with E-state index < -0.39 is 11.6 Å². The summed E-state index contributed by atoms with van der Waals surface area (Å²) in [7, 11) is 0. The Balaban J connectivity index is 0.741. The molecule has 74 heavy (non-hydrogen) atoms. The maximum atomic E-state index is 14.5. The number of amides is 2. The van der Waals surface area contributed by atoms with Crippen molar-refractivity contribution in [3.8, 4) is 5.75 Å². The summed E-state index contributed by atoms with van der Waals surface area (Å²) in [5, 5.41) is 9.50. The molecule has 0 spiro atoms. The fourth-order valence-electron chi connectivity index (χ4n) is 17.1. The first kappa shape index (κ1) is 50.1. The number of fused-ring (bicyclic) bond motifs is 8. The van der Waals surface area contributed by atoms with Gasteiger partial charge in [0.25, 0.3) is 0 Å². The van der Waals surface area contributed by atoms with Crippen molar-refractivity contribution in [3.05, 3.63) is 52.3 Å². The van der Waals surface area contributed by atoms with Gasteiger partial charge in [0.05, 0.1) is 49.3 Å². The molecule has 14 nitrogen and oxygen atoms in total. The lowest BCUT2D eigenvalue weighted by Gasteiger charge is -2.59. The minimum Gasteiger partial charge on any atom is -0.490 e. The standard InChI is InChI=1S/C59H79N4O10S/c1-4-51(64)62-52(31-10-6-5-7-11-31)57(66)63-16-9-14-44(63)56-61-43(30-74-56)54(65)32-12-8-13-39(20-32)69-55-40-21-33-18-35-19-37-28-59(2,3)73-58(67)53(37)60-42(35)22-34(33)23-47(40)72-48-24-36-25-49-50(71-46(36)27-41(48)55)26-38-29-68-17-15-45(38)70-49/h4,8,12-13,20,30-31,33-38,40-42,44-50,52-53,55,60H,5-7,9-11,14-19,21-29H2,1-3H3,(H,62,64)/t33?,34?,35?,36?,37?,38?,40?,41?,42?,44-,45?,46?,47?,48?,49?,50?,52-,53?,55?/m0/s1. The van der Waals surface area contributed by atoms with Crippen LogP contribution in [0.15, 0.2) is 29.6 Å². The van der Waals surface area contributed by atoms with E-state index in [0.717, 1.165) is 134 Å². The highest BCUT2D eigenvalue weighted by Crippen LogP contribution is 2.56. The number of nitrogens with zero attached hydrogens (tertiary/aromatic N) is 2. The van der Waals surface area contributed by atoms with Crippen molar-refractivity contribution >= 4 is 34.9 Å². The number of ether oxygens (including phenoxy) is 6. The lowest BCUT2D eigenvalue weighted by Crippen LogP contribution is -2.65. The van der Waals surface area contributed by atoms with Gasteiger partial charge in [0.15, 0.2) is 0 Å². The van der Waals surface area contributed by atoms with Gasteiger partial charge in [-0.15, -0.1) is 11.3 Å². The topological polar surface area (TPSA) is 164 Å². The Morgan fingerprint density at radius 3 is 2.39 bits per heavy atom. The van der Waals surface area contributed by atoms with Crippen molar-refractivity contribution < 1.29 is 47.6 Å². The average Bonchev–Trinajstić information content (AvgIpc) is 4.10. The van der Waals surface area contributed by atoms with Gasteiger partial charge in [0, 0.05) is 54.3 Å². The molecular formula is C59H79N4O10S. The van der Waals surface area contributed by atoms with E-state index in [-0.39, 0.29) is 96.1 Å². The maximum absolute atomic E-state index is 14.5. The van der Waals surface area contributed by atoms with Crippen molar-refractivity contribution in [2.24, 2.45) is 53.3 Å². The largest absolute Gasteiger partial charge is 0.490 e. The average molecular weight is 1040 g/mol. The molecule has 2 N–H and O–H groups in total. The number of ketones is 1. The van der Waals surface area contributed by atoms with E-state index in [4.69, 9.17) is 33.4 Å². The highest BCUT2D eigenvalue weighted by molar-refractivity contribution is 7.10. The van der Waals surface area contributed by atoms with Crippen LogP contribution in [0.2, 0.25) is 0 Å². The lowest BCUT2D eigenvalue weighted by molar-refractivity contribution is -0.271. The molecular weight excluding hydrogens is 957 g/mol. The van der Waals surface area contributed by atoms with Crippen molar-refractivity contribution in [2.45, 2.75) is 209 Å². The van der Waals surface area contributed by atoms with E-state index in [9.17, 15) is 19.2 Å². The summed E-state index contributed by atoms with van der Waals surface area (Å²) in [5.41, 5.74) is 0.473. The summed E-state index contributed by atoms with van der Waals surface area (Å²) < 4.78 is 40.6. The molecule has 17 unspecified atom stereocenters. The Morgan fingerprint density at radius 2 is 1.55 bits per heavy atom. The molecule has 4 aliphatic carbocycles. The molecule has 2 amide bonds. The molecule has 0 bridgehead atoms. The summed E-state index contributed by atoms with van der Waals surface area (Å²) in [6.07, 6.45) is 19.7. The summed E-state index contributed by atoms with van der Waals surface area (Å²) in [5.74, 6) is 3.24. The van der Waals surface area contributed by atoms with Crippen LogP contribution in [0.25, 0.3) is 0 Å². The van der Waals surface area contributed by atoms with Gasteiger partial charge in [-0.2, -0.15) is 0 Å². The van der Waals surface area contributed by atoms with Crippen LogP contribution < -0.4 is 15.4 Å². The molecule has 7 saturated heterocycles. The summed E-state index contributed by atoms with van der Waals surface area (Å²) in [6, 6.07) is 7.03. The van der Waals surface area contributed by atoms with Crippen LogP contribution >= 0.6 is 11.3 Å². The zero-order valence-corrected chi connectivity index (χ0v) is 44.6. The molecule has 15 heteroatoms. The van der Waals surface area contributed by atoms with Gasteiger partial charge in [-0.05, 0) is 158 Å². The number of thiazole rings is 1. The molecule has 13 rings (SSSR count). The van der Waals surface area contributed by atoms with Crippen LogP contribution in [-0.2, 0) is 38.1 Å². The number of cyclic esters (lactones) is 1. The Morgan fingerprint density at radius 1 is 0.811 bits per heavy atom. The first-order chi connectivity index (χ1) is 35.9. The smallest absolute Gasteiger partial charge is 0.323 e. The van der Waals surface area contributed by atoms with Gasteiger partial charge in [-0.25, -0.2) is 4.98 Å². The lowest BCUT2D eigenvalue weighted by atomic mass is 9.56. The van der Waals surface area contributed by atoms with Crippen LogP contribution in [0.1, 0.15) is 163 Å². The van der Waals surface area contributed by atoms with E-state index in [1.54, 1.807) is 6.92 Å². The maximum Gasteiger partial charge on any atom is 0.323 e. The number of carbonyl (C=O) groups is 4. The Hall–Kier alpha value is -3.47. The number of esters is 1. The van der Waals surface area contributed by atoms with Crippen molar-refractivity contribution in [3.63, 3.8) is 0 Å². The first-order valence-corrected chi connectivity index (χ1v) is 30.0. The number of aromatic nitrogens is 1. The van der Waals surface area contributed by atoms with Crippen molar-refractivity contribution in [2.75, 3.05) is 19.8 Å². The molecule has 401 valence electrons. The molecule has 2 aromatic rings. The highest BCUT2D eigenvalue weighted by Gasteiger charge is 2.59. The molecule has 4 saturated carbocycles. The normalized spacial score (nSPS) is 41.7. The number of benzene rings is 1. The number of hydrogen-bond acceptors (Lipinski definition) is 13. The van der Waals surface area contributed by atoms with Crippen LogP contribution in [0.3, 0.4) is 0 Å². The number of hydrogen-bond donors (Lipinski definition) is 2. The fraction of sp³-hybridized carbons (Fsp3) is 0.763. The highest BCUT2D eigenvalue weighted by atomic mass is 32.1. The minimum absolute atomic E-state index is 0.0309. The molecule has 8 heterocycles. The second kappa shape index (κ2) is 20.4. The number of likely N-dealkylation sites (tertiary alicyclic amines) is 1. The van der Waals surface area contributed by atoms with Gasteiger partial charge in [0.2, 0.25) is 17.6 Å². The minimum atomic E-state index is -0.561. The van der Waals surface area contributed by atoms with Crippen molar-refractivity contribution in [1.29, 1.82) is 0 Å². The van der Waals surface area contributed by atoms with Crippen molar-refractivity contribution in [1.82, 2.24) is 20.5 Å². The van der Waals surface area contributed by atoms with Gasteiger partial charge in [-0.1, -0.05) is 38.3 Å². The van der Waals surface area contributed by atoms with Gasteiger partial charge in [0.1, 0.15) is 40.2 Å². The summed E-state index contributed by atoms with van der Waals surface area (Å²) >= 11 is 1.44. The molecule has 1 aromatic heterocycles. The molecule has 11 fully saturated rings. The number of rotatable bonds is 9. The second-order valence-electron chi connectivity index (χ2n) is 25.5. The molecule has 7 aliphatic heterocycles. The third-order valence-electron chi connectivity index (χ3n) is 20.6. The van der Waals surface area contributed by atoms with Gasteiger partial charge >= 0.3 is 5.97 Å². The second-order valence-corrected chi connectivity index (χ2v) is 26.4. The van der Waals surface area contributed by atoms with E-state index in [2.05, 4.69) is 24.5 Å². The van der Waals surface area contributed by atoms with Crippen LogP contribution in [0.5, 0.6) is 5.75 Å². The zero-order valence-electron chi connectivity index (χ0n) is 43.7. The van der Waals surface area contributed by atoms with E-state index >= 15 is 0 Å². The van der Waals surface area contributed by atoms with Gasteiger partial charge in [-0.3, -0.25) is 19.2 Å². The van der Waals surface area contributed by atoms with Crippen LogP contribution in [0.4, 0.5) is 0 Å². The van der Waals surface area contributed by atoms with E-state index in [0.29, 0.717) is 65.1 Å². The van der Waals surface area contributed by atoms with Crippen LogP contribution in [-0.4, -0.2) is 120 Å².